The number of likely N-dealkylation sites (N-methyl/N-ethyl adjacent to an activating group) is 1. The topological polar surface area (TPSA) is 124 Å². The van der Waals surface area contributed by atoms with Crippen molar-refractivity contribution in [3.05, 3.63) is 83.0 Å². The van der Waals surface area contributed by atoms with E-state index in [2.05, 4.69) is 9.88 Å². The van der Waals surface area contributed by atoms with Gasteiger partial charge in [0.25, 0.3) is 11.8 Å². The molecule has 3 aromatic rings. The quantitative estimate of drug-likeness (QED) is 0.398. The molecule has 0 saturated heterocycles. The lowest BCUT2D eigenvalue weighted by atomic mass is 9.98. The molecular weight excluding hydrogens is 536 g/mol. The highest BCUT2D eigenvalue weighted by Gasteiger charge is 2.34. The SMILES string of the molecule is C[C@H]1CN([C@@H](C)CO)C(=O)c2cc(-c3ccc(C(=O)N(C)C)cc3)cnc2O[C@H]1CN(C)Cc1ccc(C(=O)O)cc1. The van der Waals surface area contributed by atoms with E-state index in [1.807, 2.05) is 33.0 Å². The number of hydrogen-bond donors (Lipinski definition) is 2. The summed E-state index contributed by atoms with van der Waals surface area (Å²) >= 11 is 0. The summed E-state index contributed by atoms with van der Waals surface area (Å²) in [6.07, 6.45) is 1.34. The molecule has 0 bridgehead atoms. The summed E-state index contributed by atoms with van der Waals surface area (Å²) in [5.74, 6) is -1.17. The Balaban J connectivity index is 1.61. The number of nitrogens with zero attached hydrogens (tertiary/aromatic N) is 4. The number of hydrogen-bond acceptors (Lipinski definition) is 7. The van der Waals surface area contributed by atoms with Crippen molar-refractivity contribution in [1.82, 2.24) is 19.7 Å². The maximum absolute atomic E-state index is 13.8. The molecule has 1 aromatic heterocycles. The first-order valence-electron chi connectivity index (χ1n) is 13.9. The Hall–Kier alpha value is -4.28. The average Bonchev–Trinajstić information content (AvgIpc) is 2.98. The van der Waals surface area contributed by atoms with E-state index in [0.29, 0.717) is 36.3 Å². The predicted molar refractivity (Wildman–Crippen MR) is 159 cm³/mol. The molecule has 0 fully saturated rings. The van der Waals surface area contributed by atoms with Crippen LogP contribution >= 0.6 is 0 Å². The summed E-state index contributed by atoms with van der Waals surface area (Å²) in [5, 5.41) is 19.1. The highest BCUT2D eigenvalue weighted by Crippen LogP contribution is 2.30. The van der Waals surface area contributed by atoms with Gasteiger partial charge < -0.3 is 24.7 Å². The minimum Gasteiger partial charge on any atom is -0.478 e. The number of carbonyl (C=O) groups excluding carboxylic acids is 2. The lowest BCUT2D eigenvalue weighted by Gasteiger charge is -2.37. The molecule has 2 amide bonds. The van der Waals surface area contributed by atoms with Crippen LogP contribution in [0.1, 0.15) is 50.5 Å². The second-order valence-corrected chi connectivity index (χ2v) is 11.2. The molecule has 4 rings (SSSR count). The molecule has 0 unspecified atom stereocenters. The Bertz CT molecular complexity index is 1420. The normalized spacial score (nSPS) is 17.6. The predicted octanol–water partition coefficient (Wildman–Crippen LogP) is 3.50. The zero-order chi connectivity index (χ0) is 30.6. The van der Waals surface area contributed by atoms with Crippen molar-refractivity contribution in [3.63, 3.8) is 0 Å². The zero-order valence-electron chi connectivity index (χ0n) is 24.7. The Morgan fingerprint density at radius 1 is 1.05 bits per heavy atom. The standard InChI is InChI=1S/C32H38N4O6/c1-20-16-36(21(2)19-37)31(39)27-14-26(23-10-12-24(13-11-23)30(38)34(3)4)15-33-29(27)42-28(20)18-35(5)17-22-6-8-25(9-7-22)32(40)41/h6-15,20-21,28,37H,16-19H2,1-5H3,(H,40,41)/t20-,21-,28-/m0/s1. The van der Waals surface area contributed by atoms with Crippen LogP contribution in [0.4, 0.5) is 0 Å². The molecule has 3 atom stereocenters. The van der Waals surface area contributed by atoms with Gasteiger partial charge in [-0.2, -0.15) is 0 Å². The number of aromatic nitrogens is 1. The Morgan fingerprint density at radius 3 is 2.29 bits per heavy atom. The number of carboxylic acid groups (broad SMARTS) is 1. The average molecular weight is 575 g/mol. The van der Waals surface area contributed by atoms with Gasteiger partial charge in [-0.1, -0.05) is 31.2 Å². The van der Waals surface area contributed by atoms with E-state index in [0.717, 1.165) is 11.1 Å². The van der Waals surface area contributed by atoms with E-state index in [9.17, 15) is 24.6 Å². The first kappa shape index (κ1) is 30.7. The van der Waals surface area contributed by atoms with Crippen molar-refractivity contribution >= 4 is 17.8 Å². The van der Waals surface area contributed by atoms with Crippen LogP contribution < -0.4 is 4.74 Å². The fraction of sp³-hybridized carbons (Fsp3) is 0.375. The lowest BCUT2D eigenvalue weighted by Crippen LogP contribution is -2.49. The number of rotatable bonds is 9. The van der Waals surface area contributed by atoms with Crippen molar-refractivity contribution < 1.29 is 29.3 Å². The number of carboxylic acids is 1. The van der Waals surface area contributed by atoms with Crippen LogP contribution in [-0.4, -0.2) is 101 Å². The van der Waals surface area contributed by atoms with E-state index in [-0.39, 0.29) is 41.9 Å². The molecule has 0 radical (unpaired) electrons. The third-order valence-corrected chi connectivity index (χ3v) is 7.54. The third-order valence-electron chi connectivity index (χ3n) is 7.54. The molecule has 222 valence electrons. The second kappa shape index (κ2) is 13.1. The van der Waals surface area contributed by atoms with Gasteiger partial charge >= 0.3 is 5.97 Å². The highest BCUT2D eigenvalue weighted by atomic mass is 16.5. The number of pyridine rings is 1. The molecule has 2 aromatic carbocycles. The van der Waals surface area contributed by atoms with Crippen LogP contribution in [0.3, 0.4) is 0 Å². The maximum atomic E-state index is 13.8. The monoisotopic (exact) mass is 574 g/mol. The van der Waals surface area contributed by atoms with Gasteiger partial charge in [0.05, 0.1) is 18.2 Å². The summed E-state index contributed by atoms with van der Waals surface area (Å²) in [7, 11) is 5.36. The van der Waals surface area contributed by atoms with Gasteiger partial charge in [-0.15, -0.1) is 0 Å². The van der Waals surface area contributed by atoms with Gasteiger partial charge in [-0.05, 0) is 55.4 Å². The molecule has 10 nitrogen and oxygen atoms in total. The fourth-order valence-electron chi connectivity index (χ4n) is 4.98. The summed E-state index contributed by atoms with van der Waals surface area (Å²) in [5.41, 5.74) is 3.58. The van der Waals surface area contributed by atoms with Crippen LogP contribution in [0.25, 0.3) is 11.1 Å². The molecular formula is C32H38N4O6. The zero-order valence-corrected chi connectivity index (χ0v) is 24.7. The van der Waals surface area contributed by atoms with Gasteiger partial charge in [-0.25, -0.2) is 9.78 Å². The molecule has 1 aliphatic rings. The van der Waals surface area contributed by atoms with Crippen molar-refractivity contribution in [2.45, 2.75) is 32.5 Å². The number of amides is 2. The Labute approximate surface area is 246 Å². The van der Waals surface area contributed by atoms with E-state index >= 15 is 0 Å². The van der Waals surface area contributed by atoms with Crippen molar-refractivity contribution in [2.24, 2.45) is 5.92 Å². The molecule has 42 heavy (non-hydrogen) atoms. The first-order chi connectivity index (χ1) is 20.0. The van der Waals surface area contributed by atoms with E-state index in [1.54, 1.807) is 67.7 Å². The minimum absolute atomic E-state index is 0.0730. The van der Waals surface area contributed by atoms with Gasteiger partial charge in [0.2, 0.25) is 5.88 Å². The van der Waals surface area contributed by atoms with Gasteiger partial charge in [0.1, 0.15) is 11.7 Å². The second-order valence-electron chi connectivity index (χ2n) is 11.2. The summed E-state index contributed by atoms with van der Waals surface area (Å²) in [6, 6.07) is 15.3. The van der Waals surface area contributed by atoms with Gasteiger partial charge in [0.15, 0.2) is 0 Å². The number of benzene rings is 2. The van der Waals surface area contributed by atoms with E-state index < -0.39 is 12.0 Å². The molecule has 0 saturated carbocycles. The number of aliphatic hydroxyl groups is 1. The van der Waals surface area contributed by atoms with Crippen LogP contribution in [0, 0.1) is 5.92 Å². The number of ether oxygens (including phenoxy) is 1. The number of aliphatic hydroxyl groups excluding tert-OH is 1. The Kier molecular flexibility index (Phi) is 9.59. The van der Waals surface area contributed by atoms with Crippen LogP contribution in [-0.2, 0) is 6.54 Å². The van der Waals surface area contributed by atoms with E-state index in [4.69, 9.17) is 4.74 Å². The van der Waals surface area contributed by atoms with Crippen molar-refractivity contribution in [1.29, 1.82) is 0 Å². The van der Waals surface area contributed by atoms with Crippen LogP contribution in [0.15, 0.2) is 60.8 Å². The lowest BCUT2D eigenvalue weighted by molar-refractivity contribution is 0.0325. The summed E-state index contributed by atoms with van der Waals surface area (Å²) in [4.78, 5) is 47.1. The van der Waals surface area contributed by atoms with E-state index in [1.165, 1.54) is 4.90 Å². The van der Waals surface area contributed by atoms with Crippen LogP contribution in [0.2, 0.25) is 0 Å². The molecule has 2 heterocycles. The molecule has 10 heteroatoms. The van der Waals surface area contributed by atoms with Crippen molar-refractivity contribution in [2.75, 3.05) is 40.8 Å². The Morgan fingerprint density at radius 2 is 1.69 bits per heavy atom. The molecule has 0 spiro atoms. The third kappa shape index (κ3) is 6.95. The summed E-state index contributed by atoms with van der Waals surface area (Å²) in [6.45, 7) is 5.14. The van der Waals surface area contributed by atoms with Gasteiger partial charge in [0, 0.05) is 57.0 Å². The number of carbonyl (C=O) groups is 3. The first-order valence-corrected chi connectivity index (χ1v) is 13.9. The van der Waals surface area contributed by atoms with Crippen LogP contribution in [0.5, 0.6) is 5.88 Å². The maximum Gasteiger partial charge on any atom is 0.335 e. The smallest absolute Gasteiger partial charge is 0.335 e. The summed E-state index contributed by atoms with van der Waals surface area (Å²) < 4.78 is 6.42. The highest BCUT2D eigenvalue weighted by molar-refractivity contribution is 5.98. The largest absolute Gasteiger partial charge is 0.478 e. The fourth-order valence-corrected chi connectivity index (χ4v) is 4.98. The minimum atomic E-state index is -0.964. The molecule has 2 N–H and O–H groups in total. The molecule has 0 aliphatic carbocycles. The van der Waals surface area contributed by atoms with Crippen molar-refractivity contribution in [3.8, 4) is 17.0 Å². The number of aromatic carboxylic acids is 1. The molecule has 1 aliphatic heterocycles. The van der Waals surface area contributed by atoms with Gasteiger partial charge in [-0.3, -0.25) is 14.5 Å². The number of fused-ring (bicyclic) bond motifs is 1.